The van der Waals surface area contributed by atoms with Gasteiger partial charge in [0.2, 0.25) is 0 Å². The summed E-state index contributed by atoms with van der Waals surface area (Å²) in [6, 6.07) is 25.0. The van der Waals surface area contributed by atoms with Gasteiger partial charge >= 0.3 is 5.76 Å². The fourth-order valence-electron chi connectivity index (χ4n) is 5.95. The number of carbonyl (C=O) groups excluding carboxylic acids is 1. The van der Waals surface area contributed by atoms with Gasteiger partial charge in [-0.2, -0.15) is 0 Å². The summed E-state index contributed by atoms with van der Waals surface area (Å²) < 4.78 is 35.4. The largest absolute Gasteiger partial charge is 0.419 e. The van der Waals surface area contributed by atoms with Crippen LogP contribution in [0.5, 0.6) is 0 Å². The molecule has 4 aromatic carbocycles. The van der Waals surface area contributed by atoms with Gasteiger partial charge in [0.25, 0.3) is 21.6 Å². The second kappa shape index (κ2) is 14.5. The molecule has 0 unspecified atom stereocenters. The third-order valence-corrected chi connectivity index (χ3v) is 10.8. The Morgan fingerprint density at radius 2 is 1.67 bits per heavy atom. The monoisotopic (exact) mass is 686 g/mol. The van der Waals surface area contributed by atoms with E-state index >= 15 is 0 Å². The standard InChI is InChI=1S/C35H34N4O7S2/c40-34(37-48(44,45)29-16-17-30(32(22-29)39(42)43)36-19-20-47-28-9-5-2-6-10-28)26-13-11-25(12-14-26)27-15-18-31-33(21-27)46-35(41)38(31)23-24-7-3-1-4-8-24/h2,5-6,9-18,21-22,24,36H,1,3-4,7-8,19-20,23H2,(H,37,40). The van der Waals surface area contributed by atoms with Crippen molar-refractivity contribution in [3.8, 4) is 11.1 Å². The minimum absolute atomic E-state index is 0.0808. The molecule has 248 valence electrons. The van der Waals surface area contributed by atoms with Crippen LogP contribution in [0.3, 0.4) is 0 Å². The minimum Gasteiger partial charge on any atom is -0.408 e. The maximum Gasteiger partial charge on any atom is 0.419 e. The van der Waals surface area contributed by atoms with Crippen molar-refractivity contribution >= 4 is 50.2 Å². The molecule has 1 fully saturated rings. The SMILES string of the molecule is O=C(NS(=O)(=O)c1ccc(NCCSc2ccccc2)c([N+](=O)[O-])c1)c1ccc(-c2ccc3c(c2)oc(=O)n3CC2CCCCC2)cc1. The number of fused-ring (bicyclic) bond motifs is 1. The van der Waals surface area contributed by atoms with E-state index in [1.807, 2.05) is 47.2 Å². The Labute approximate surface area is 281 Å². The molecule has 0 atom stereocenters. The summed E-state index contributed by atoms with van der Waals surface area (Å²) in [5, 5.41) is 14.8. The first-order valence-corrected chi connectivity index (χ1v) is 18.2. The van der Waals surface area contributed by atoms with Crippen LogP contribution in [0, 0.1) is 16.0 Å². The summed E-state index contributed by atoms with van der Waals surface area (Å²) in [5.74, 6) is -0.166. The molecular weight excluding hydrogens is 653 g/mol. The second-order valence-corrected chi connectivity index (χ2v) is 14.6. The lowest BCUT2D eigenvalue weighted by Gasteiger charge is -2.21. The zero-order chi connectivity index (χ0) is 33.7. The molecule has 0 radical (unpaired) electrons. The van der Waals surface area contributed by atoms with Crippen LogP contribution in [-0.4, -0.2) is 36.1 Å². The van der Waals surface area contributed by atoms with E-state index in [0.717, 1.165) is 40.4 Å². The Balaban J connectivity index is 1.11. The number of nitrogens with zero attached hydrogens (tertiary/aromatic N) is 2. The van der Waals surface area contributed by atoms with Gasteiger partial charge in [-0.1, -0.05) is 55.7 Å². The fourth-order valence-corrected chi connectivity index (χ4v) is 7.73. The molecule has 1 aromatic heterocycles. The van der Waals surface area contributed by atoms with Crippen LogP contribution in [-0.2, 0) is 16.6 Å². The molecule has 0 bridgehead atoms. The van der Waals surface area contributed by atoms with E-state index in [2.05, 4.69) is 5.32 Å². The minimum atomic E-state index is -4.42. The van der Waals surface area contributed by atoms with E-state index in [4.69, 9.17) is 4.42 Å². The number of oxazole rings is 1. The molecule has 0 saturated heterocycles. The Morgan fingerprint density at radius 1 is 0.938 bits per heavy atom. The molecule has 1 aliphatic rings. The molecule has 13 heteroatoms. The fraction of sp³-hybridized carbons (Fsp3) is 0.257. The van der Waals surface area contributed by atoms with Crippen LogP contribution in [0.1, 0.15) is 42.5 Å². The van der Waals surface area contributed by atoms with Gasteiger partial charge in [0.1, 0.15) is 5.69 Å². The van der Waals surface area contributed by atoms with Crippen molar-refractivity contribution in [2.45, 2.75) is 48.4 Å². The zero-order valence-corrected chi connectivity index (χ0v) is 27.6. The average molecular weight is 687 g/mol. The third-order valence-electron chi connectivity index (χ3n) is 8.45. The molecule has 1 amide bonds. The van der Waals surface area contributed by atoms with E-state index in [1.165, 1.54) is 43.5 Å². The highest BCUT2D eigenvalue weighted by molar-refractivity contribution is 7.99. The number of hydrogen-bond donors (Lipinski definition) is 2. The summed E-state index contributed by atoms with van der Waals surface area (Å²) >= 11 is 1.58. The van der Waals surface area contributed by atoms with E-state index in [1.54, 1.807) is 34.5 Å². The molecular formula is C35H34N4O7S2. The van der Waals surface area contributed by atoms with Crippen LogP contribution in [0.25, 0.3) is 22.2 Å². The van der Waals surface area contributed by atoms with Crippen LogP contribution >= 0.6 is 11.8 Å². The van der Waals surface area contributed by atoms with Gasteiger partial charge in [-0.15, -0.1) is 11.8 Å². The molecule has 1 heterocycles. The lowest BCUT2D eigenvalue weighted by Crippen LogP contribution is -2.30. The molecule has 0 spiro atoms. The van der Waals surface area contributed by atoms with Crippen molar-refractivity contribution in [3.63, 3.8) is 0 Å². The van der Waals surface area contributed by atoms with Crippen LogP contribution in [0.2, 0.25) is 0 Å². The van der Waals surface area contributed by atoms with Crippen LogP contribution in [0.4, 0.5) is 11.4 Å². The Kier molecular flexibility index (Phi) is 9.97. The third kappa shape index (κ3) is 7.63. The van der Waals surface area contributed by atoms with Gasteiger partial charge in [0.15, 0.2) is 5.58 Å². The number of benzene rings is 4. The highest BCUT2D eigenvalue weighted by atomic mass is 32.2. The molecule has 48 heavy (non-hydrogen) atoms. The smallest absolute Gasteiger partial charge is 0.408 e. The van der Waals surface area contributed by atoms with Crippen molar-refractivity contribution in [2.24, 2.45) is 5.92 Å². The Bertz CT molecular complexity index is 2100. The Hall–Kier alpha value is -4.88. The van der Waals surface area contributed by atoms with Crippen LogP contribution < -0.4 is 15.8 Å². The quantitative estimate of drug-likeness (QED) is 0.0607. The maximum absolute atomic E-state index is 13.1. The highest BCUT2D eigenvalue weighted by Gasteiger charge is 2.24. The van der Waals surface area contributed by atoms with E-state index in [9.17, 15) is 28.1 Å². The number of sulfonamides is 1. The first-order valence-electron chi connectivity index (χ1n) is 15.7. The van der Waals surface area contributed by atoms with Gasteiger partial charge in [0.05, 0.1) is 15.3 Å². The van der Waals surface area contributed by atoms with Gasteiger partial charge < -0.3 is 9.73 Å². The van der Waals surface area contributed by atoms with Crippen molar-refractivity contribution in [1.29, 1.82) is 0 Å². The van der Waals surface area contributed by atoms with Crippen molar-refractivity contribution in [2.75, 3.05) is 17.6 Å². The predicted octanol–water partition coefficient (Wildman–Crippen LogP) is 7.07. The number of amides is 1. The summed E-state index contributed by atoms with van der Waals surface area (Å²) in [5.41, 5.74) is 2.55. The molecule has 0 aliphatic heterocycles. The van der Waals surface area contributed by atoms with Gasteiger partial charge in [-0.05, 0) is 78.4 Å². The Morgan fingerprint density at radius 3 is 2.40 bits per heavy atom. The average Bonchev–Trinajstić information content (AvgIpc) is 3.40. The number of aromatic nitrogens is 1. The second-order valence-electron chi connectivity index (χ2n) is 11.7. The first-order chi connectivity index (χ1) is 23.2. The highest BCUT2D eigenvalue weighted by Crippen LogP contribution is 2.30. The lowest BCUT2D eigenvalue weighted by molar-refractivity contribution is -0.384. The van der Waals surface area contributed by atoms with Crippen molar-refractivity contribution < 1.29 is 22.6 Å². The topological polar surface area (TPSA) is 154 Å². The maximum atomic E-state index is 13.1. The molecule has 1 aliphatic carbocycles. The summed E-state index contributed by atoms with van der Waals surface area (Å²) in [6.07, 6.45) is 5.82. The summed E-state index contributed by atoms with van der Waals surface area (Å²) in [4.78, 5) is 37.3. The molecule has 11 nitrogen and oxygen atoms in total. The summed E-state index contributed by atoms with van der Waals surface area (Å²) in [7, 11) is -4.42. The number of rotatable bonds is 12. The van der Waals surface area contributed by atoms with Gasteiger partial charge in [-0.25, -0.2) is 17.9 Å². The van der Waals surface area contributed by atoms with E-state index in [-0.39, 0.29) is 17.0 Å². The molecule has 2 N–H and O–H groups in total. The van der Waals surface area contributed by atoms with Crippen LogP contribution in [0.15, 0.2) is 110 Å². The number of nitro benzene ring substituents is 1. The zero-order valence-electron chi connectivity index (χ0n) is 26.0. The number of nitrogens with one attached hydrogen (secondary N) is 2. The van der Waals surface area contributed by atoms with Gasteiger partial charge in [0, 0.05) is 35.4 Å². The number of carbonyl (C=O) groups is 1. The number of nitro groups is 1. The normalized spacial score (nSPS) is 13.8. The number of hydrogen-bond acceptors (Lipinski definition) is 9. The first kappa shape index (κ1) is 33.0. The van der Waals surface area contributed by atoms with E-state index < -0.39 is 31.4 Å². The number of anilines is 1. The number of thioether (sulfide) groups is 1. The molecule has 1 saturated carbocycles. The van der Waals surface area contributed by atoms with Crippen molar-refractivity contribution in [1.82, 2.24) is 9.29 Å². The predicted molar refractivity (Wildman–Crippen MR) is 186 cm³/mol. The molecule has 6 rings (SSSR count). The van der Waals surface area contributed by atoms with E-state index in [0.29, 0.717) is 30.3 Å². The van der Waals surface area contributed by atoms with Gasteiger partial charge in [-0.3, -0.25) is 19.5 Å². The lowest BCUT2D eigenvalue weighted by atomic mass is 9.89. The molecule has 5 aromatic rings. The van der Waals surface area contributed by atoms with Crippen molar-refractivity contribution in [3.05, 3.63) is 117 Å². The summed E-state index contributed by atoms with van der Waals surface area (Å²) in [6.45, 7) is 1.05.